The molecule has 0 radical (unpaired) electrons. The minimum atomic E-state index is -0.0583. The van der Waals surface area contributed by atoms with E-state index in [0.717, 1.165) is 22.6 Å². The molecule has 0 aliphatic heterocycles. The summed E-state index contributed by atoms with van der Waals surface area (Å²) < 4.78 is 0. The van der Waals surface area contributed by atoms with E-state index in [1.54, 1.807) is 0 Å². The number of benzene rings is 7. The van der Waals surface area contributed by atoms with Gasteiger partial charge in [-0.05, 0) is 208 Å². The third kappa shape index (κ3) is 10.3. The Bertz CT molecular complexity index is 3500. The summed E-state index contributed by atoms with van der Waals surface area (Å²) in [5.41, 5.74) is 25.8. The highest BCUT2D eigenvalue weighted by atomic mass is 15.2. The van der Waals surface area contributed by atoms with E-state index < -0.39 is 0 Å². The summed E-state index contributed by atoms with van der Waals surface area (Å²) in [6.07, 6.45) is 12.4. The molecule has 0 fully saturated rings. The molecule has 0 aromatic heterocycles. The van der Waals surface area contributed by atoms with Crippen LogP contribution >= 0.6 is 0 Å². The van der Waals surface area contributed by atoms with Crippen LogP contribution in [0.5, 0.6) is 0 Å². The molecule has 0 saturated heterocycles. The highest BCUT2D eigenvalue weighted by Gasteiger charge is 2.38. The molecule has 2 nitrogen and oxygen atoms in total. The number of hydrogen-bond donors (Lipinski definition) is 0. The zero-order valence-electron chi connectivity index (χ0n) is 47.9. The number of hydrogen-bond acceptors (Lipinski definition) is 2. The standard InChI is InChI=1S/C73H80N2/c1-46(2)67(41-49(5)52(8)58-26-20-18-24-47(58)3)74(56-35-30-53(31-36-56)71(9,10)11)70-44-65-60-28-22-23-29-61(60)69(45-66(65)64-43-55(73(15,16)17)34-39-62(64)70)75(57-37-32-54(33-38-57)72(12,13)14)68-42-50(6)63(40-51(68)7)59-27-21-19-25-48(59)4/h18-45,62,64H,1H2,2-17H3. The summed E-state index contributed by atoms with van der Waals surface area (Å²) in [6.45, 7) is 41.3. The van der Waals surface area contributed by atoms with Crippen molar-refractivity contribution in [1.82, 2.24) is 0 Å². The monoisotopic (exact) mass is 985 g/mol. The van der Waals surface area contributed by atoms with Crippen LogP contribution in [-0.2, 0) is 10.8 Å². The molecule has 9 rings (SSSR count). The third-order valence-electron chi connectivity index (χ3n) is 16.1. The predicted molar refractivity (Wildman–Crippen MR) is 328 cm³/mol. The SMILES string of the molecule is C=C(C)C(=CC(C)=C(C)c1ccccc1C)N(C1=Cc2c(cc(N(c3ccc(C(C)(C)C)cc3)c3cc(C)c(-c4ccccc4C)cc3C)c3ccccc23)C2C=C(C(C)(C)C)C=CC12)c1ccc(C(C)(C)C)cc1. The summed E-state index contributed by atoms with van der Waals surface area (Å²) >= 11 is 0. The lowest BCUT2D eigenvalue weighted by Crippen LogP contribution is -2.33. The summed E-state index contributed by atoms with van der Waals surface area (Å²) in [5.74, 6) is 0.0494. The van der Waals surface area contributed by atoms with Gasteiger partial charge in [-0.25, -0.2) is 0 Å². The molecule has 0 bridgehead atoms. The van der Waals surface area contributed by atoms with Crippen molar-refractivity contribution in [1.29, 1.82) is 0 Å². The minimum absolute atomic E-state index is 0.00805. The predicted octanol–water partition coefficient (Wildman–Crippen LogP) is 20.9. The zero-order chi connectivity index (χ0) is 53.9. The molecule has 7 aromatic carbocycles. The maximum atomic E-state index is 4.75. The third-order valence-corrected chi connectivity index (χ3v) is 16.1. The molecule has 0 N–H and O–H groups in total. The molecular weight excluding hydrogens is 905 g/mol. The zero-order valence-corrected chi connectivity index (χ0v) is 47.9. The van der Waals surface area contributed by atoms with Gasteiger partial charge in [0.2, 0.25) is 0 Å². The summed E-state index contributed by atoms with van der Waals surface area (Å²) in [4.78, 5) is 5.09. The second kappa shape index (κ2) is 20.2. The number of fused-ring (bicyclic) bond motifs is 5. The van der Waals surface area contributed by atoms with Crippen molar-refractivity contribution in [3.8, 4) is 11.1 Å². The van der Waals surface area contributed by atoms with Crippen molar-refractivity contribution >= 4 is 45.2 Å². The lowest BCUT2D eigenvalue weighted by Gasteiger charge is -2.42. The molecule has 2 atom stereocenters. The van der Waals surface area contributed by atoms with Crippen LogP contribution in [0, 0.1) is 39.0 Å². The molecule has 0 amide bonds. The molecule has 7 aromatic rings. The van der Waals surface area contributed by atoms with Crippen molar-refractivity contribution in [3.63, 3.8) is 0 Å². The van der Waals surface area contributed by atoms with E-state index >= 15 is 0 Å². The van der Waals surface area contributed by atoms with Crippen LogP contribution in [0.2, 0.25) is 0 Å². The van der Waals surface area contributed by atoms with Gasteiger partial charge in [-0.3, -0.25) is 0 Å². The highest BCUT2D eigenvalue weighted by molar-refractivity contribution is 6.05. The molecule has 75 heavy (non-hydrogen) atoms. The maximum Gasteiger partial charge on any atom is 0.0543 e. The fourth-order valence-corrected chi connectivity index (χ4v) is 11.4. The number of allylic oxidation sites excluding steroid dienone is 8. The second-order valence-corrected chi connectivity index (χ2v) is 24.8. The van der Waals surface area contributed by atoms with Gasteiger partial charge < -0.3 is 9.80 Å². The summed E-state index contributed by atoms with van der Waals surface area (Å²) in [6, 6.07) is 52.7. The molecule has 0 spiro atoms. The molecule has 2 heteroatoms. The minimum Gasteiger partial charge on any atom is -0.313 e. The van der Waals surface area contributed by atoms with E-state index in [1.807, 2.05) is 0 Å². The van der Waals surface area contributed by atoms with E-state index in [2.05, 4.69) is 290 Å². The Labute approximate surface area is 451 Å². The van der Waals surface area contributed by atoms with Gasteiger partial charge in [-0.1, -0.05) is 184 Å². The normalized spacial score (nSPS) is 16.2. The van der Waals surface area contributed by atoms with Crippen LogP contribution in [0.4, 0.5) is 22.7 Å². The van der Waals surface area contributed by atoms with E-state index in [0.29, 0.717) is 0 Å². The van der Waals surface area contributed by atoms with Crippen molar-refractivity contribution in [3.05, 3.63) is 249 Å². The van der Waals surface area contributed by atoms with Gasteiger partial charge in [0.25, 0.3) is 0 Å². The van der Waals surface area contributed by atoms with Gasteiger partial charge >= 0.3 is 0 Å². The highest BCUT2D eigenvalue weighted by Crippen LogP contribution is 2.53. The first-order valence-corrected chi connectivity index (χ1v) is 27.2. The first-order valence-electron chi connectivity index (χ1n) is 27.2. The lowest BCUT2D eigenvalue weighted by atomic mass is 9.69. The van der Waals surface area contributed by atoms with Gasteiger partial charge in [-0.15, -0.1) is 0 Å². The largest absolute Gasteiger partial charge is 0.313 e. The van der Waals surface area contributed by atoms with Crippen LogP contribution in [0.25, 0.3) is 33.5 Å². The number of rotatable bonds is 10. The van der Waals surface area contributed by atoms with Crippen LogP contribution in [0.15, 0.2) is 199 Å². The van der Waals surface area contributed by atoms with E-state index in [9.17, 15) is 0 Å². The van der Waals surface area contributed by atoms with Crippen LogP contribution in [-0.4, -0.2) is 0 Å². The van der Waals surface area contributed by atoms with Gasteiger partial charge in [0, 0.05) is 45.7 Å². The van der Waals surface area contributed by atoms with E-state index in [1.165, 1.54) is 106 Å². The summed E-state index contributed by atoms with van der Waals surface area (Å²) in [5, 5.41) is 2.44. The van der Waals surface area contributed by atoms with Gasteiger partial charge in [0.1, 0.15) is 0 Å². The number of nitrogens with zero attached hydrogens (tertiary/aromatic N) is 2. The first-order chi connectivity index (χ1) is 35.4. The molecule has 2 aliphatic carbocycles. The van der Waals surface area contributed by atoms with Crippen molar-refractivity contribution in [2.24, 2.45) is 11.3 Å². The fourth-order valence-electron chi connectivity index (χ4n) is 11.4. The van der Waals surface area contributed by atoms with Crippen molar-refractivity contribution < 1.29 is 0 Å². The van der Waals surface area contributed by atoms with Gasteiger partial charge in [0.15, 0.2) is 0 Å². The van der Waals surface area contributed by atoms with Crippen LogP contribution in [0.1, 0.15) is 139 Å². The summed E-state index contributed by atoms with van der Waals surface area (Å²) in [7, 11) is 0. The first kappa shape index (κ1) is 52.7. The number of aryl methyl sites for hydroxylation is 4. The van der Waals surface area contributed by atoms with E-state index in [-0.39, 0.29) is 28.1 Å². The van der Waals surface area contributed by atoms with Gasteiger partial charge in [0.05, 0.1) is 5.69 Å². The average Bonchev–Trinajstić information content (AvgIpc) is 3.36. The Kier molecular flexibility index (Phi) is 14.2. The molecule has 0 heterocycles. The van der Waals surface area contributed by atoms with Crippen molar-refractivity contribution in [2.45, 2.75) is 128 Å². The second-order valence-electron chi connectivity index (χ2n) is 24.8. The molecular formula is C73H80N2. The average molecular weight is 985 g/mol. The molecule has 2 aliphatic rings. The van der Waals surface area contributed by atoms with Crippen molar-refractivity contribution in [2.75, 3.05) is 9.80 Å². The molecule has 2 unspecified atom stereocenters. The number of anilines is 4. The van der Waals surface area contributed by atoms with Crippen LogP contribution < -0.4 is 9.80 Å². The Hall–Kier alpha value is -7.16. The fraction of sp³-hybridized carbons (Fsp3) is 0.288. The Morgan fingerprint density at radius 1 is 0.533 bits per heavy atom. The maximum absolute atomic E-state index is 4.75. The Balaban J connectivity index is 1.35. The van der Waals surface area contributed by atoms with Crippen LogP contribution in [0.3, 0.4) is 0 Å². The molecule has 0 saturated carbocycles. The Morgan fingerprint density at radius 2 is 1.11 bits per heavy atom. The topological polar surface area (TPSA) is 6.48 Å². The van der Waals surface area contributed by atoms with Gasteiger partial charge in [-0.2, -0.15) is 0 Å². The molecule has 382 valence electrons. The quantitative estimate of drug-likeness (QED) is 0.126. The smallest absolute Gasteiger partial charge is 0.0543 e. The van der Waals surface area contributed by atoms with E-state index in [4.69, 9.17) is 6.58 Å². The Morgan fingerprint density at radius 3 is 1.69 bits per heavy atom. The lowest BCUT2D eigenvalue weighted by molar-refractivity contribution is 0.500.